The molecule has 1 aromatic carbocycles. The van der Waals surface area contributed by atoms with Gasteiger partial charge in [0.05, 0.1) is 5.60 Å². The first kappa shape index (κ1) is 20.2. The summed E-state index contributed by atoms with van der Waals surface area (Å²) >= 11 is 0. The van der Waals surface area contributed by atoms with Crippen LogP contribution in [0.2, 0.25) is 0 Å². The van der Waals surface area contributed by atoms with Crippen LogP contribution in [0, 0.1) is 5.92 Å². The van der Waals surface area contributed by atoms with Crippen LogP contribution >= 0.6 is 0 Å². The van der Waals surface area contributed by atoms with Crippen molar-refractivity contribution in [3.05, 3.63) is 29.8 Å². The van der Waals surface area contributed by atoms with E-state index in [4.69, 9.17) is 9.47 Å². The minimum Gasteiger partial charge on any atom is -0.490 e. The highest BCUT2D eigenvalue weighted by atomic mass is 16.5. The summed E-state index contributed by atoms with van der Waals surface area (Å²) in [7, 11) is 0. The molecule has 158 valence electrons. The molecule has 2 heterocycles. The van der Waals surface area contributed by atoms with E-state index >= 15 is 0 Å². The molecule has 1 aliphatic carbocycles. The molecule has 0 aromatic heterocycles. The molecular weight excluding hydrogens is 368 g/mol. The van der Waals surface area contributed by atoms with Gasteiger partial charge in [0.1, 0.15) is 11.9 Å². The highest BCUT2D eigenvalue weighted by Crippen LogP contribution is 2.32. The van der Waals surface area contributed by atoms with Crippen LogP contribution in [0.1, 0.15) is 62.7 Å². The van der Waals surface area contributed by atoms with E-state index in [1.54, 1.807) is 0 Å². The Hall–Kier alpha value is -2.08. The number of hydrogen-bond donors (Lipinski definition) is 1. The summed E-state index contributed by atoms with van der Waals surface area (Å²) in [6.07, 6.45) is 5.52. The van der Waals surface area contributed by atoms with Crippen molar-refractivity contribution >= 4 is 11.8 Å². The van der Waals surface area contributed by atoms with Crippen molar-refractivity contribution in [2.75, 3.05) is 19.7 Å². The fraction of sp³-hybridized carbons (Fsp3) is 0.652. The maximum atomic E-state index is 12.7. The third kappa shape index (κ3) is 5.30. The second-order valence-corrected chi connectivity index (χ2v) is 9.22. The largest absolute Gasteiger partial charge is 0.490 e. The Morgan fingerprint density at radius 2 is 1.90 bits per heavy atom. The molecule has 0 unspecified atom stereocenters. The monoisotopic (exact) mass is 400 g/mol. The molecule has 2 amide bonds. The van der Waals surface area contributed by atoms with Crippen molar-refractivity contribution in [1.29, 1.82) is 0 Å². The van der Waals surface area contributed by atoms with Crippen LogP contribution in [0.25, 0.3) is 0 Å². The molecule has 0 spiro atoms. The van der Waals surface area contributed by atoms with Crippen molar-refractivity contribution < 1.29 is 19.1 Å². The van der Waals surface area contributed by atoms with Gasteiger partial charge in [0.25, 0.3) is 5.91 Å². The Morgan fingerprint density at radius 3 is 2.59 bits per heavy atom. The van der Waals surface area contributed by atoms with Gasteiger partial charge in [0, 0.05) is 50.1 Å². The third-order valence-corrected chi connectivity index (χ3v) is 6.11. The number of amides is 2. The lowest BCUT2D eigenvalue weighted by molar-refractivity contribution is -0.134. The van der Waals surface area contributed by atoms with Crippen LogP contribution in [0.3, 0.4) is 0 Å². The van der Waals surface area contributed by atoms with Gasteiger partial charge >= 0.3 is 0 Å². The minimum atomic E-state index is -0.198. The second-order valence-electron chi connectivity index (χ2n) is 9.22. The SMILES string of the molecule is CC1(C)C[C@H](NC(=O)c2cccc(OC3CCN(C(=O)C4CC4)CC3)c2)CCO1. The van der Waals surface area contributed by atoms with Crippen LogP contribution < -0.4 is 10.1 Å². The zero-order valence-electron chi connectivity index (χ0n) is 17.5. The maximum absolute atomic E-state index is 12.7. The molecule has 6 nitrogen and oxygen atoms in total. The number of carbonyl (C=O) groups excluding carboxylic acids is 2. The Balaban J connectivity index is 1.29. The first-order chi connectivity index (χ1) is 13.9. The van der Waals surface area contributed by atoms with Gasteiger partial charge in [0.15, 0.2) is 0 Å². The van der Waals surface area contributed by atoms with Crippen molar-refractivity contribution in [2.45, 2.75) is 70.1 Å². The molecule has 4 rings (SSSR count). The second kappa shape index (κ2) is 8.34. The lowest BCUT2D eigenvalue weighted by atomic mass is 9.94. The summed E-state index contributed by atoms with van der Waals surface area (Å²) in [5.41, 5.74) is 0.421. The Labute approximate surface area is 172 Å². The van der Waals surface area contributed by atoms with E-state index in [0.717, 1.165) is 57.4 Å². The molecule has 1 aromatic rings. The highest BCUT2D eigenvalue weighted by Gasteiger charge is 2.35. The number of likely N-dealkylation sites (tertiary alicyclic amines) is 1. The summed E-state index contributed by atoms with van der Waals surface area (Å²) in [6.45, 7) is 6.31. The van der Waals surface area contributed by atoms with Crippen LogP contribution in [0.15, 0.2) is 24.3 Å². The zero-order chi connectivity index (χ0) is 20.4. The van der Waals surface area contributed by atoms with Crippen molar-refractivity contribution in [3.63, 3.8) is 0 Å². The van der Waals surface area contributed by atoms with Crippen molar-refractivity contribution in [1.82, 2.24) is 10.2 Å². The molecule has 3 fully saturated rings. The Bertz CT molecular complexity index is 751. The van der Waals surface area contributed by atoms with Crippen LogP contribution in [-0.2, 0) is 9.53 Å². The normalized spacial score (nSPS) is 24.8. The van der Waals surface area contributed by atoms with Crippen LogP contribution in [0.4, 0.5) is 0 Å². The fourth-order valence-corrected chi connectivity index (χ4v) is 4.31. The van der Waals surface area contributed by atoms with Gasteiger partial charge in [-0.3, -0.25) is 9.59 Å². The number of piperidine rings is 1. The molecule has 2 aliphatic heterocycles. The highest BCUT2D eigenvalue weighted by molar-refractivity contribution is 5.94. The molecule has 2 saturated heterocycles. The lowest BCUT2D eigenvalue weighted by Crippen LogP contribution is -2.45. The van der Waals surface area contributed by atoms with E-state index in [-0.39, 0.29) is 29.6 Å². The number of carbonyl (C=O) groups is 2. The molecule has 1 saturated carbocycles. The zero-order valence-corrected chi connectivity index (χ0v) is 17.5. The Kier molecular flexibility index (Phi) is 5.81. The number of rotatable bonds is 5. The summed E-state index contributed by atoms with van der Waals surface area (Å²) in [6, 6.07) is 7.54. The quantitative estimate of drug-likeness (QED) is 0.824. The molecule has 0 radical (unpaired) electrons. The lowest BCUT2D eigenvalue weighted by Gasteiger charge is -2.35. The summed E-state index contributed by atoms with van der Waals surface area (Å²) < 4.78 is 11.9. The van der Waals surface area contributed by atoms with Gasteiger partial charge in [-0.15, -0.1) is 0 Å². The minimum absolute atomic E-state index is 0.0667. The summed E-state index contributed by atoms with van der Waals surface area (Å²) in [4.78, 5) is 26.9. The van der Waals surface area contributed by atoms with Crippen molar-refractivity contribution in [3.8, 4) is 5.75 Å². The summed E-state index contributed by atoms with van der Waals surface area (Å²) in [5, 5.41) is 3.14. The smallest absolute Gasteiger partial charge is 0.251 e. The number of benzene rings is 1. The number of nitrogens with zero attached hydrogens (tertiary/aromatic N) is 1. The summed E-state index contributed by atoms with van der Waals surface area (Å²) in [5.74, 6) is 1.25. The van der Waals surface area contributed by atoms with Gasteiger partial charge in [-0.25, -0.2) is 0 Å². The van der Waals surface area contributed by atoms with Crippen LogP contribution in [-0.4, -0.2) is 54.2 Å². The molecule has 29 heavy (non-hydrogen) atoms. The van der Waals surface area contributed by atoms with Gasteiger partial charge < -0.3 is 19.7 Å². The van der Waals surface area contributed by atoms with E-state index in [0.29, 0.717) is 18.1 Å². The van der Waals surface area contributed by atoms with Gasteiger partial charge in [-0.2, -0.15) is 0 Å². The molecule has 1 atom stereocenters. The van der Waals surface area contributed by atoms with Crippen LogP contribution in [0.5, 0.6) is 5.75 Å². The number of ether oxygens (including phenoxy) is 2. The van der Waals surface area contributed by atoms with Gasteiger partial charge in [-0.05, 0) is 57.7 Å². The van der Waals surface area contributed by atoms with Gasteiger partial charge in [0.2, 0.25) is 5.91 Å². The maximum Gasteiger partial charge on any atom is 0.251 e. The molecular formula is C23H32N2O4. The average molecular weight is 401 g/mol. The van der Waals surface area contributed by atoms with E-state index in [2.05, 4.69) is 19.2 Å². The predicted octanol–water partition coefficient (Wildman–Crippen LogP) is 3.15. The molecule has 1 N–H and O–H groups in total. The number of hydrogen-bond acceptors (Lipinski definition) is 4. The molecule has 6 heteroatoms. The first-order valence-corrected chi connectivity index (χ1v) is 10.9. The standard InChI is InChI=1S/C23H32N2O4/c1-23(2)15-18(10-13-28-23)24-21(26)17-4-3-5-20(14-17)29-19-8-11-25(12-9-19)22(27)16-6-7-16/h3-5,14,16,18-19H,6-13,15H2,1-2H3,(H,24,26)/t18-/m1/s1. The van der Waals surface area contributed by atoms with E-state index in [1.807, 2.05) is 29.2 Å². The van der Waals surface area contributed by atoms with E-state index in [9.17, 15) is 9.59 Å². The third-order valence-electron chi connectivity index (χ3n) is 6.11. The van der Waals surface area contributed by atoms with Crippen molar-refractivity contribution in [2.24, 2.45) is 5.92 Å². The topological polar surface area (TPSA) is 67.9 Å². The van der Waals surface area contributed by atoms with E-state index < -0.39 is 0 Å². The van der Waals surface area contributed by atoms with Gasteiger partial charge in [-0.1, -0.05) is 6.07 Å². The molecule has 3 aliphatic rings. The Morgan fingerprint density at radius 1 is 1.14 bits per heavy atom. The molecule has 0 bridgehead atoms. The first-order valence-electron chi connectivity index (χ1n) is 10.9. The average Bonchev–Trinajstić information content (AvgIpc) is 3.53. The fourth-order valence-electron chi connectivity index (χ4n) is 4.31. The number of nitrogens with one attached hydrogen (secondary N) is 1. The predicted molar refractivity (Wildman–Crippen MR) is 110 cm³/mol. The van der Waals surface area contributed by atoms with E-state index in [1.165, 1.54) is 0 Å².